The molecule has 0 atom stereocenters. The first-order valence-corrected chi connectivity index (χ1v) is 2.83. The molecule has 0 amide bonds. The monoisotopic (exact) mass is 422 g/mol. The Morgan fingerprint density at radius 1 is 1.00 bits per heavy atom. The van der Waals surface area contributed by atoms with Crippen LogP contribution in [0.4, 0.5) is 0 Å². The third-order valence-corrected chi connectivity index (χ3v) is 0. The summed E-state index contributed by atoms with van der Waals surface area (Å²) in [7, 11) is 0. The van der Waals surface area contributed by atoms with Crippen LogP contribution in [0.2, 0.25) is 0 Å². The second-order valence-corrected chi connectivity index (χ2v) is 0.577. The van der Waals surface area contributed by atoms with E-state index in [2.05, 4.69) is 0 Å². The fraction of sp³-hybridized carbons (Fsp3) is 0. The van der Waals surface area contributed by atoms with Crippen molar-refractivity contribution in [3.63, 3.8) is 0 Å². The van der Waals surface area contributed by atoms with E-state index in [1.165, 1.54) is 0 Å². The maximum absolute atomic E-state index is 8.46. The van der Waals surface area contributed by atoms with Gasteiger partial charge in [0.2, 0.25) is 0 Å². The zero-order valence-corrected chi connectivity index (χ0v) is 10.9. The van der Waals surface area contributed by atoms with Crippen molar-refractivity contribution in [2.75, 3.05) is 0 Å². The molecule has 0 rings (SSSR count). The molecule has 0 saturated heterocycles. The number of rotatable bonds is 0. The molecule has 0 unspecified atom stereocenters. The first-order chi connectivity index (χ1) is 2.83. The Morgan fingerprint density at radius 2 is 1.00 bits per heavy atom. The summed E-state index contributed by atoms with van der Waals surface area (Å²) >= 11 is -3.50. The van der Waals surface area contributed by atoms with E-state index < -0.39 is 31.0 Å². The van der Waals surface area contributed by atoms with E-state index in [4.69, 9.17) is 15.9 Å². The molecule has 0 N–H and O–H groups in total. The molecular weight excluding hydrogens is 420 g/mol. The van der Waals surface area contributed by atoms with Crippen LogP contribution < -0.4 is 8.32 Å². The summed E-state index contributed by atoms with van der Waals surface area (Å²) in [5.74, 6) is 0. The van der Waals surface area contributed by atoms with Crippen LogP contribution in [0.5, 0.6) is 0 Å². The van der Waals surface area contributed by atoms with Crippen molar-refractivity contribution in [3.8, 4) is 0 Å². The Balaban J connectivity index is -0.00000000889. The summed E-state index contributed by atoms with van der Waals surface area (Å²) in [5.41, 5.74) is 0. The first kappa shape index (κ1) is 29.3. The molecule has 40 valence electrons. The van der Waals surface area contributed by atoms with E-state index in [1.807, 2.05) is 0 Å². The van der Waals surface area contributed by atoms with Crippen molar-refractivity contribution in [3.05, 3.63) is 0 Å². The van der Waals surface area contributed by atoms with Gasteiger partial charge in [0.05, 0.1) is 0 Å². The Morgan fingerprint density at radius 3 is 1.00 bits per heavy atom. The van der Waals surface area contributed by atoms with Crippen molar-refractivity contribution >= 4 is 103 Å². The third kappa shape index (κ3) is 75.3. The van der Waals surface area contributed by atoms with Crippen LogP contribution in [0.1, 0.15) is 0 Å². The molecule has 0 heterocycles. The van der Waals surface area contributed by atoms with Gasteiger partial charge < -0.3 is 0 Å². The van der Waals surface area contributed by atoms with E-state index in [0.717, 1.165) is 0 Å². The van der Waals surface area contributed by atoms with Crippen LogP contribution in [-0.2, 0) is 7.61 Å². The van der Waals surface area contributed by atoms with Gasteiger partial charge in [-0.1, -0.05) is 0 Å². The van der Waals surface area contributed by atoms with Gasteiger partial charge in [-0.3, -0.25) is 0 Å². The molecule has 9 heavy (non-hydrogen) atoms. The van der Waals surface area contributed by atoms with Crippen molar-refractivity contribution in [1.82, 2.24) is 0 Å². The molecule has 0 aromatic carbocycles. The van der Waals surface area contributed by atoms with E-state index in [9.17, 15) is 0 Å². The molecule has 9 heteroatoms. The first-order valence-electron chi connectivity index (χ1n) is 0.943. The van der Waals surface area contributed by atoms with Crippen LogP contribution in [0, 0.1) is 41.7 Å². The summed E-state index contributed by atoms with van der Waals surface area (Å²) in [6.07, 6.45) is 0. The fourth-order valence-corrected chi connectivity index (χ4v) is 0. The Bertz CT molecular complexity index is 39.5. The average Bonchev–Trinajstić information content (AvgIpc) is 1.39. The number of hydrogen-bond donors (Lipinski definition) is 0. The normalized spacial score (nSPS) is 1.78. The second-order valence-electron chi connectivity index (χ2n) is 0.192. The molecule has 0 radical (unpaired) electrons. The van der Waals surface area contributed by atoms with Gasteiger partial charge in [-0.2, -0.15) is 0 Å². The van der Waals surface area contributed by atoms with Crippen molar-refractivity contribution in [2.24, 2.45) is 0 Å². The predicted molar refractivity (Wildman–Crippen MR) is 27.2 cm³/mol. The Labute approximate surface area is 156 Å². The van der Waals surface area contributed by atoms with Crippen molar-refractivity contribution < 1.29 is 57.7 Å². The minimum absolute atomic E-state index is 0. The van der Waals surface area contributed by atoms with Crippen LogP contribution >= 0.6 is 0 Å². The standard InChI is InChI=1S/2Al.Ba.Ce.Mg.4O.2H/q;;;;+2;;;2*-1;;. The van der Waals surface area contributed by atoms with Gasteiger partial charge in [0.15, 0.2) is 0 Å². The van der Waals surface area contributed by atoms with Crippen molar-refractivity contribution in [2.45, 2.75) is 0 Å². The van der Waals surface area contributed by atoms with Gasteiger partial charge in [0.25, 0.3) is 0 Å². The summed E-state index contributed by atoms with van der Waals surface area (Å²) in [5, 5.41) is 0. The van der Waals surface area contributed by atoms with Crippen molar-refractivity contribution in [1.29, 1.82) is 0 Å². The van der Waals surface area contributed by atoms with Gasteiger partial charge in [0, 0.05) is 41.7 Å². The van der Waals surface area contributed by atoms with Crippen LogP contribution in [0.25, 0.3) is 0 Å². The Hall–Kier alpha value is 3.98. The molecule has 0 aliphatic carbocycles. The van der Waals surface area contributed by atoms with Crippen LogP contribution in [-0.4, -0.2) is 103 Å². The summed E-state index contributed by atoms with van der Waals surface area (Å²) in [6.45, 7) is 0. The average molecular weight is 422 g/mol. The third-order valence-electron chi connectivity index (χ3n) is 0. The Kier molecular flexibility index (Phi) is 131. The molecule has 0 aromatic rings. The molecule has 0 saturated carbocycles. The van der Waals surface area contributed by atoms with Gasteiger partial charge in [-0.15, -0.1) is 0 Å². The molecule has 0 aliphatic rings. The van der Waals surface area contributed by atoms with Gasteiger partial charge >= 0.3 is 119 Å². The molecule has 0 spiro atoms. The second kappa shape index (κ2) is 40.4. The zero-order valence-electron chi connectivity index (χ0n) is 3.99. The maximum atomic E-state index is 8.46. The molecule has 0 fully saturated rings. The van der Waals surface area contributed by atoms with E-state index in [-0.39, 0.29) is 114 Å². The zero-order chi connectivity index (χ0) is 5.41. The van der Waals surface area contributed by atoms with Gasteiger partial charge in [0.1, 0.15) is 0 Å². The van der Waals surface area contributed by atoms with E-state index in [1.54, 1.807) is 0 Å². The molecule has 0 aromatic heterocycles. The van der Waals surface area contributed by atoms with Gasteiger partial charge in [-0.05, 0) is 0 Å². The van der Waals surface area contributed by atoms with Crippen LogP contribution in [0.3, 0.4) is 0 Å². The molecular formula is H2Al2BaCeMgO4. The quantitative estimate of drug-likeness (QED) is 0.368. The van der Waals surface area contributed by atoms with Crippen LogP contribution in [0.15, 0.2) is 0 Å². The molecule has 0 aliphatic heterocycles. The minimum atomic E-state index is -1.75. The fourth-order valence-electron chi connectivity index (χ4n) is 0. The topological polar surface area (TPSA) is 80.3 Å². The van der Waals surface area contributed by atoms with E-state index in [0.29, 0.717) is 0 Å². The van der Waals surface area contributed by atoms with Gasteiger partial charge in [-0.25, -0.2) is 0 Å². The molecule has 4 nitrogen and oxygen atoms in total. The predicted octanol–water partition coefficient (Wildman–Crippen LogP) is -4.67. The summed E-state index contributed by atoms with van der Waals surface area (Å²) in [6, 6.07) is 0. The number of hydrogen-bond acceptors (Lipinski definition) is 4. The van der Waals surface area contributed by atoms with E-state index >= 15 is 0 Å². The SMILES string of the molecule is [BaH2].[Ce].[Mg+2].[O]=[Al][O-].[O]=[Al][O-]. The molecule has 0 bridgehead atoms. The summed E-state index contributed by atoms with van der Waals surface area (Å²) < 4.78 is 33.8. The summed E-state index contributed by atoms with van der Waals surface area (Å²) in [4.78, 5) is 0.